The summed E-state index contributed by atoms with van der Waals surface area (Å²) in [6, 6.07) is 14.1. The average molecular weight is 332 g/mol. The van der Waals surface area contributed by atoms with E-state index >= 15 is 0 Å². The van der Waals surface area contributed by atoms with E-state index in [0.29, 0.717) is 13.2 Å². The highest BCUT2D eigenvalue weighted by Gasteiger charge is 2.22. The molecule has 2 aromatic rings. The minimum absolute atomic E-state index is 0.00451. The van der Waals surface area contributed by atoms with Gasteiger partial charge in [-0.2, -0.15) is 0 Å². The lowest BCUT2D eigenvalue weighted by atomic mass is 9.90. The van der Waals surface area contributed by atoms with Crippen LogP contribution >= 0.6 is 0 Å². The molecular weight excluding hydrogens is 307 g/mol. The van der Waals surface area contributed by atoms with Gasteiger partial charge in [-0.3, -0.25) is 0 Å². The molecule has 3 nitrogen and oxygen atoms in total. The fraction of sp³-hybridized carbons (Fsp3) is 0.400. The summed E-state index contributed by atoms with van der Waals surface area (Å²) in [5.41, 5.74) is 1.99. The Kier molecular flexibility index (Phi) is 6.76. The summed E-state index contributed by atoms with van der Waals surface area (Å²) in [6.07, 6.45) is 0.979. The largest absolute Gasteiger partial charge is 0.468 e. The molecule has 0 aromatic heterocycles. The molecule has 1 atom stereocenters. The Labute approximate surface area is 143 Å². The summed E-state index contributed by atoms with van der Waals surface area (Å²) in [5.74, 6) is 0.509. The summed E-state index contributed by atoms with van der Waals surface area (Å²) < 4.78 is 29.4. The van der Waals surface area contributed by atoms with Crippen molar-refractivity contribution in [2.45, 2.75) is 20.3 Å². The second-order valence-corrected chi connectivity index (χ2v) is 6.24. The zero-order valence-electron chi connectivity index (χ0n) is 14.5. The molecule has 0 amide bonds. The van der Waals surface area contributed by atoms with Gasteiger partial charge in [0.05, 0.1) is 13.2 Å². The van der Waals surface area contributed by atoms with Gasteiger partial charge in [-0.25, -0.2) is 4.39 Å². The molecule has 0 heterocycles. The van der Waals surface area contributed by atoms with Crippen molar-refractivity contribution >= 4 is 0 Å². The number of hydrogen-bond acceptors (Lipinski definition) is 3. The number of halogens is 1. The van der Waals surface area contributed by atoms with Crippen LogP contribution < -0.4 is 4.74 Å². The van der Waals surface area contributed by atoms with E-state index in [1.54, 1.807) is 19.2 Å². The zero-order chi connectivity index (χ0) is 17.4. The maximum Gasteiger partial charge on any atom is 0.189 e. The Morgan fingerprint density at radius 1 is 0.917 bits per heavy atom. The molecule has 1 unspecified atom stereocenters. The molecule has 130 valence electrons. The van der Waals surface area contributed by atoms with E-state index in [4.69, 9.17) is 14.2 Å². The first-order chi connectivity index (χ1) is 11.6. The molecule has 0 spiro atoms. The topological polar surface area (TPSA) is 27.7 Å². The molecule has 0 fully saturated rings. The molecule has 0 saturated heterocycles. The maximum absolute atomic E-state index is 13.0. The number of benzene rings is 2. The Bertz CT molecular complexity index is 610. The van der Waals surface area contributed by atoms with E-state index in [0.717, 1.165) is 23.3 Å². The maximum atomic E-state index is 13.0. The second kappa shape index (κ2) is 8.81. The van der Waals surface area contributed by atoms with Gasteiger partial charge in [0.15, 0.2) is 6.79 Å². The van der Waals surface area contributed by atoms with Crippen molar-refractivity contribution in [1.82, 2.24) is 0 Å². The quantitative estimate of drug-likeness (QED) is 0.482. The molecular formula is C20H25FO3. The molecule has 2 rings (SSSR count). The highest BCUT2D eigenvalue weighted by molar-refractivity contribution is 5.63. The molecule has 0 bridgehead atoms. The normalized spacial score (nSPS) is 13.5. The van der Waals surface area contributed by atoms with E-state index in [1.165, 1.54) is 12.1 Å². The predicted octanol–water partition coefficient (Wildman–Crippen LogP) is 4.91. The van der Waals surface area contributed by atoms with Crippen molar-refractivity contribution in [2.24, 2.45) is 5.41 Å². The Hall–Kier alpha value is -1.91. The molecule has 0 aliphatic heterocycles. The minimum atomic E-state index is -0.233. The highest BCUT2D eigenvalue weighted by Crippen LogP contribution is 2.24. The van der Waals surface area contributed by atoms with Gasteiger partial charge in [-0.05, 0) is 41.8 Å². The molecule has 24 heavy (non-hydrogen) atoms. The van der Waals surface area contributed by atoms with Gasteiger partial charge in [0.25, 0.3) is 0 Å². The predicted molar refractivity (Wildman–Crippen MR) is 93.6 cm³/mol. The number of ether oxygens (including phenoxy) is 3. The van der Waals surface area contributed by atoms with Gasteiger partial charge < -0.3 is 14.2 Å². The molecule has 0 N–H and O–H groups in total. The van der Waals surface area contributed by atoms with E-state index in [9.17, 15) is 4.39 Å². The van der Waals surface area contributed by atoms with Crippen molar-refractivity contribution < 1.29 is 18.6 Å². The number of hydrogen-bond donors (Lipinski definition) is 0. The standard InChI is InChI=1S/C20H25FO3/c1-4-20(2,13-22-3)14-23-15-24-19-11-7-17(8-12-19)16-5-9-18(21)10-6-16/h5-12H,4,13-15H2,1-3H3. The highest BCUT2D eigenvalue weighted by atomic mass is 19.1. The van der Waals surface area contributed by atoms with E-state index < -0.39 is 0 Å². The SMILES string of the molecule is CCC(C)(COC)COCOc1ccc(-c2ccc(F)cc2)cc1. The molecule has 4 heteroatoms. The Morgan fingerprint density at radius 3 is 2.04 bits per heavy atom. The van der Waals surface area contributed by atoms with Gasteiger partial charge in [-0.15, -0.1) is 0 Å². The van der Waals surface area contributed by atoms with Crippen LogP contribution in [0.15, 0.2) is 48.5 Å². The summed E-state index contributed by atoms with van der Waals surface area (Å²) >= 11 is 0. The van der Waals surface area contributed by atoms with Crippen LogP contribution in [0.5, 0.6) is 5.75 Å². The first kappa shape index (κ1) is 18.4. The molecule has 0 saturated carbocycles. The van der Waals surface area contributed by atoms with Crippen molar-refractivity contribution in [3.63, 3.8) is 0 Å². The second-order valence-electron chi connectivity index (χ2n) is 6.24. The van der Waals surface area contributed by atoms with Crippen molar-refractivity contribution in [2.75, 3.05) is 27.1 Å². The summed E-state index contributed by atoms with van der Waals surface area (Å²) in [5, 5.41) is 0. The van der Waals surface area contributed by atoms with Crippen LogP contribution in [0.2, 0.25) is 0 Å². The Balaban J connectivity index is 1.83. The average Bonchev–Trinajstić information content (AvgIpc) is 2.60. The van der Waals surface area contributed by atoms with Crippen LogP contribution in [-0.2, 0) is 9.47 Å². The van der Waals surface area contributed by atoms with E-state index in [2.05, 4.69) is 13.8 Å². The van der Waals surface area contributed by atoms with Crippen molar-refractivity contribution in [3.05, 3.63) is 54.3 Å². The fourth-order valence-electron chi connectivity index (χ4n) is 2.38. The fourth-order valence-corrected chi connectivity index (χ4v) is 2.38. The third kappa shape index (κ3) is 5.32. The first-order valence-electron chi connectivity index (χ1n) is 8.12. The van der Waals surface area contributed by atoms with Crippen LogP contribution in [0, 0.1) is 11.2 Å². The zero-order valence-corrected chi connectivity index (χ0v) is 14.5. The van der Waals surface area contributed by atoms with Gasteiger partial charge in [0, 0.05) is 12.5 Å². The third-order valence-electron chi connectivity index (χ3n) is 4.14. The lowest BCUT2D eigenvalue weighted by Gasteiger charge is -2.26. The Morgan fingerprint density at radius 2 is 1.50 bits per heavy atom. The first-order valence-corrected chi connectivity index (χ1v) is 8.12. The van der Waals surface area contributed by atoms with Gasteiger partial charge in [0.1, 0.15) is 11.6 Å². The van der Waals surface area contributed by atoms with Crippen molar-refractivity contribution in [3.8, 4) is 16.9 Å². The molecule has 2 aromatic carbocycles. The van der Waals surface area contributed by atoms with E-state index in [-0.39, 0.29) is 18.0 Å². The van der Waals surface area contributed by atoms with Crippen LogP contribution in [-0.4, -0.2) is 27.1 Å². The van der Waals surface area contributed by atoms with Gasteiger partial charge in [0.2, 0.25) is 0 Å². The summed E-state index contributed by atoms with van der Waals surface area (Å²) in [6.45, 7) is 5.71. The van der Waals surface area contributed by atoms with Crippen LogP contribution in [0.1, 0.15) is 20.3 Å². The third-order valence-corrected chi connectivity index (χ3v) is 4.14. The lowest BCUT2D eigenvalue weighted by molar-refractivity contribution is -0.0499. The van der Waals surface area contributed by atoms with Crippen LogP contribution in [0.25, 0.3) is 11.1 Å². The van der Waals surface area contributed by atoms with Crippen LogP contribution in [0.4, 0.5) is 4.39 Å². The van der Waals surface area contributed by atoms with Crippen molar-refractivity contribution in [1.29, 1.82) is 0 Å². The van der Waals surface area contributed by atoms with Gasteiger partial charge >= 0.3 is 0 Å². The van der Waals surface area contributed by atoms with Gasteiger partial charge in [-0.1, -0.05) is 38.1 Å². The minimum Gasteiger partial charge on any atom is -0.468 e. The smallest absolute Gasteiger partial charge is 0.189 e. The lowest BCUT2D eigenvalue weighted by Crippen LogP contribution is -2.28. The summed E-state index contributed by atoms with van der Waals surface area (Å²) in [4.78, 5) is 0. The molecule has 0 aliphatic rings. The number of rotatable bonds is 9. The van der Waals surface area contributed by atoms with Crippen LogP contribution in [0.3, 0.4) is 0 Å². The number of methoxy groups -OCH3 is 1. The summed E-state index contributed by atoms with van der Waals surface area (Å²) in [7, 11) is 1.70. The molecule has 0 radical (unpaired) electrons. The monoisotopic (exact) mass is 332 g/mol. The van der Waals surface area contributed by atoms with E-state index in [1.807, 2.05) is 24.3 Å². The molecule has 0 aliphatic carbocycles.